The van der Waals surface area contributed by atoms with Crippen molar-refractivity contribution in [2.45, 2.75) is 26.1 Å². The van der Waals surface area contributed by atoms with Crippen LogP contribution < -0.4 is 14.4 Å². The largest absolute Gasteiger partial charge is 0.493 e. The molecule has 1 aliphatic rings. The Morgan fingerprint density at radius 3 is 2.48 bits per heavy atom. The number of hydrogen-bond donors (Lipinski definition) is 0. The second-order valence-electron chi connectivity index (χ2n) is 6.43. The first kappa shape index (κ1) is 18.8. The third-order valence-electron chi connectivity index (χ3n) is 4.26. The molecule has 0 N–H and O–H groups in total. The molecule has 2 atom stereocenters. The van der Waals surface area contributed by atoms with Crippen molar-refractivity contribution in [2.24, 2.45) is 0 Å². The van der Waals surface area contributed by atoms with Crippen LogP contribution >= 0.6 is 0 Å². The molecular weight excluding hydrogens is 346 g/mol. The summed E-state index contributed by atoms with van der Waals surface area (Å²) >= 11 is 0. The summed E-state index contributed by atoms with van der Waals surface area (Å²) in [5.74, 6) is 2.17. The molecule has 1 aromatic heterocycles. The number of nitrogens with zero attached hydrogens (tertiary/aromatic N) is 3. The van der Waals surface area contributed by atoms with Gasteiger partial charge in [-0.2, -0.15) is 10.2 Å². The molecule has 0 spiro atoms. The zero-order valence-corrected chi connectivity index (χ0v) is 15.9. The topological polar surface area (TPSA) is 80.8 Å². The monoisotopic (exact) mass is 369 g/mol. The van der Waals surface area contributed by atoms with Crippen molar-refractivity contribution in [3.63, 3.8) is 0 Å². The number of aromatic nitrogens is 1. The van der Waals surface area contributed by atoms with E-state index in [4.69, 9.17) is 18.6 Å². The van der Waals surface area contributed by atoms with Gasteiger partial charge in [0.15, 0.2) is 11.5 Å². The number of methoxy groups -OCH3 is 2. The van der Waals surface area contributed by atoms with Crippen LogP contribution in [-0.2, 0) is 4.74 Å². The van der Waals surface area contributed by atoms with Crippen molar-refractivity contribution in [2.75, 3.05) is 32.2 Å². The van der Waals surface area contributed by atoms with E-state index in [1.807, 2.05) is 43.0 Å². The zero-order valence-electron chi connectivity index (χ0n) is 15.9. The van der Waals surface area contributed by atoms with Crippen LogP contribution in [0.2, 0.25) is 0 Å². The molecule has 1 saturated heterocycles. The average Bonchev–Trinajstić information content (AvgIpc) is 3.08. The quantitative estimate of drug-likeness (QED) is 0.799. The minimum Gasteiger partial charge on any atom is -0.493 e. The number of hydrogen-bond acceptors (Lipinski definition) is 7. The lowest BCUT2D eigenvalue weighted by molar-refractivity contribution is -0.00642. The van der Waals surface area contributed by atoms with Crippen LogP contribution in [0.15, 0.2) is 22.6 Å². The number of nitriles is 1. The first-order valence-corrected chi connectivity index (χ1v) is 8.75. The van der Waals surface area contributed by atoms with Crippen molar-refractivity contribution in [3.05, 3.63) is 35.3 Å². The first-order valence-electron chi connectivity index (χ1n) is 8.75. The lowest BCUT2D eigenvalue weighted by Crippen LogP contribution is -2.45. The Bertz CT molecular complexity index is 859. The van der Waals surface area contributed by atoms with Gasteiger partial charge in [-0.3, -0.25) is 0 Å². The van der Waals surface area contributed by atoms with Gasteiger partial charge in [-0.05, 0) is 37.6 Å². The fraction of sp³-hybridized carbons (Fsp3) is 0.400. The van der Waals surface area contributed by atoms with Crippen LogP contribution in [0.4, 0.5) is 5.88 Å². The second-order valence-corrected chi connectivity index (χ2v) is 6.43. The zero-order chi connectivity index (χ0) is 19.4. The summed E-state index contributed by atoms with van der Waals surface area (Å²) in [6, 6.07) is 7.70. The van der Waals surface area contributed by atoms with Gasteiger partial charge in [0, 0.05) is 19.2 Å². The Hall–Kier alpha value is -2.98. The van der Waals surface area contributed by atoms with Crippen molar-refractivity contribution in [3.8, 4) is 17.6 Å². The van der Waals surface area contributed by atoms with Gasteiger partial charge in [-0.25, -0.2) is 0 Å². The maximum absolute atomic E-state index is 9.42. The second kappa shape index (κ2) is 8.14. The molecule has 0 aliphatic carbocycles. The average molecular weight is 369 g/mol. The standard InChI is InChI=1S/C20H23N3O4/c1-13-11-23(12-14(2)26-13)20-16(10-21)22-19(27-20)8-6-15-5-7-17(24-3)18(9-15)25-4/h5-9,13-14H,11-12H2,1-4H3/b8-6+/t13-,14-/m1/s1. The van der Waals surface area contributed by atoms with Gasteiger partial charge < -0.3 is 23.5 Å². The van der Waals surface area contributed by atoms with Gasteiger partial charge >= 0.3 is 0 Å². The molecule has 0 unspecified atom stereocenters. The number of ether oxygens (including phenoxy) is 3. The van der Waals surface area contributed by atoms with E-state index in [0.717, 1.165) is 5.56 Å². The maximum atomic E-state index is 9.42. The highest BCUT2D eigenvalue weighted by Gasteiger charge is 2.27. The van der Waals surface area contributed by atoms with E-state index in [1.54, 1.807) is 20.3 Å². The normalized spacial score (nSPS) is 19.9. The van der Waals surface area contributed by atoms with Gasteiger partial charge in [-0.1, -0.05) is 6.07 Å². The van der Waals surface area contributed by atoms with Crippen LogP contribution in [-0.4, -0.2) is 44.5 Å². The van der Waals surface area contributed by atoms with E-state index < -0.39 is 0 Å². The summed E-state index contributed by atoms with van der Waals surface area (Å²) in [6.07, 6.45) is 3.72. The Morgan fingerprint density at radius 1 is 1.15 bits per heavy atom. The minimum absolute atomic E-state index is 0.0659. The SMILES string of the molecule is COc1ccc(/C=C/c2nc(C#N)c(N3C[C@@H](C)O[C@H](C)C3)o2)cc1OC. The lowest BCUT2D eigenvalue weighted by atomic mass is 10.2. The fourth-order valence-electron chi connectivity index (χ4n) is 3.15. The molecular formula is C20H23N3O4. The van der Waals surface area contributed by atoms with E-state index in [0.29, 0.717) is 36.4 Å². The highest BCUT2D eigenvalue weighted by molar-refractivity contribution is 5.69. The van der Waals surface area contributed by atoms with Gasteiger partial charge in [0.05, 0.1) is 26.4 Å². The van der Waals surface area contributed by atoms with Crippen molar-refractivity contribution < 1.29 is 18.6 Å². The molecule has 3 rings (SSSR count). The summed E-state index contributed by atoms with van der Waals surface area (Å²) in [7, 11) is 3.19. The summed E-state index contributed by atoms with van der Waals surface area (Å²) in [5, 5.41) is 9.42. The number of benzene rings is 1. The van der Waals surface area contributed by atoms with Gasteiger partial charge in [0.25, 0.3) is 0 Å². The van der Waals surface area contributed by atoms with Crippen LogP contribution in [0.25, 0.3) is 12.2 Å². The molecule has 142 valence electrons. The molecule has 7 heteroatoms. The molecule has 1 aromatic carbocycles. The maximum Gasteiger partial charge on any atom is 0.235 e. The van der Waals surface area contributed by atoms with Gasteiger partial charge in [-0.15, -0.1) is 0 Å². The smallest absolute Gasteiger partial charge is 0.235 e. The summed E-state index contributed by atoms with van der Waals surface area (Å²) in [5.41, 5.74) is 1.18. The molecule has 1 fully saturated rings. The third-order valence-corrected chi connectivity index (χ3v) is 4.26. The summed E-state index contributed by atoms with van der Waals surface area (Å²) < 4.78 is 22.2. The number of rotatable bonds is 5. The molecule has 27 heavy (non-hydrogen) atoms. The van der Waals surface area contributed by atoms with Crippen LogP contribution in [0.1, 0.15) is 31.0 Å². The molecule has 0 bridgehead atoms. The molecule has 0 radical (unpaired) electrons. The number of oxazole rings is 1. The van der Waals surface area contributed by atoms with Crippen LogP contribution in [0, 0.1) is 11.3 Å². The molecule has 1 aliphatic heterocycles. The Labute approximate surface area is 158 Å². The molecule has 2 aromatic rings. The molecule has 0 saturated carbocycles. The highest BCUT2D eigenvalue weighted by Crippen LogP contribution is 2.29. The molecule has 7 nitrogen and oxygen atoms in total. The van der Waals surface area contributed by atoms with E-state index in [9.17, 15) is 5.26 Å². The third kappa shape index (κ3) is 4.23. The fourth-order valence-corrected chi connectivity index (χ4v) is 3.15. The predicted octanol–water partition coefficient (Wildman–Crippen LogP) is 3.35. The molecule has 2 heterocycles. The Balaban J connectivity index is 1.83. The minimum atomic E-state index is 0.0659. The van der Waals surface area contributed by atoms with Crippen LogP contribution in [0.3, 0.4) is 0 Å². The number of anilines is 1. The highest BCUT2D eigenvalue weighted by atomic mass is 16.5. The van der Waals surface area contributed by atoms with Crippen molar-refractivity contribution in [1.29, 1.82) is 5.26 Å². The Kier molecular flexibility index (Phi) is 5.67. The predicted molar refractivity (Wildman–Crippen MR) is 102 cm³/mol. The van der Waals surface area contributed by atoms with E-state index in [1.165, 1.54) is 0 Å². The number of morpholine rings is 1. The van der Waals surface area contributed by atoms with Gasteiger partial charge in [0.2, 0.25) is 17.5 Å². The summed E-state index contributed by atoms with van der Waals surface area (Å²) in [6.45, 7) is 5.33. The first-order chi connectivity index (χ1) is 13.0. The van der Waals surface area contributed by atoms with E-state index in [2.05, 4.69) is 11.1 Å². The Morgan fingerprint density at radius 2 is 1.85 bits per heavy atom. The van der Waals surface area contributed by atoms with E-state index in [-0.39, 0.29) is 17.9 Å². The van der Waals surface area contributed by atoms with Crippen LogP contribution in [0.5, 0.6) is 11.5 Å². The molecule has 0 amide bonds. The summed E-state index contributed by atoms with van der Waals surface area (Å²) in [4.78, 5) is 6.30. The lowest BCUT2D eigenvalue weighted by Gasteiger charge is -2.34. The van der Waals surface area contributed by atoms with E-state index >= 15 is 0 Å². The van der Waals surface area contributed by atoms with Crippen molar-refractivity contribution >= 4 is 18.0 Å². The van der Waals surface area contributed by atoms with Crippen molar-refractivity contribution in [1.82, 2.24) is 4.98 Å². The van der Waals surface area contributed by atoms with Gasteiger partial charge in [0.1, 0.15) is 6.07 Å².